The molecule has 3 heteroatoms. The predicted molar refractivity (Wildman–Crippen MR) is 122 cm³/mol. The lowest BCUT2D eigenvalue weighted by Gasteiger charge is -2.19. The van der Waals surface area contributed by atoms with Gasteiger partial charge in [-0.25, -0.2) is 4.76 Å². The minimum atomic E-state index is -3.18. The molecule has 0 aliphatic rings. The van der Waals surface area contributed by atoms with Crippen LogP contribution in [-0.2, 0) is 4.57 Å². The van der Waals surface area contributed by atoms with Crippen LogP contribution in [0.2, 0.25) is 0 Å². The molecule has 0 amide bonds. The van der Waals surface area contributed by atoms with Crippen LogP contribution in [0.4, 0.5) is 0 Å². The molecule has 0 saturated carbocycles. The summed E-state index contributed by atoms with van der Waals surface area (Å²) in [6, 6.07) is 22.4. The Morgan fingerprint density at radius 2 is 1.18 bits per heavy atom. The lowest BCUT2D eigenvalue weighted by molar-refractivity contribution is 0.588. The molecule has 0 unspecified atom stereocenters. The van der Waals surface area contributed by atoms with Gasteiger partial charge >= 0.3 is 0 Å². The van der Waals surface area contributed by atoms with Gasteiger partial charge in [0.2, 0.25) is 7.29 Å². The molecule has 0 N–H and O–H groups in total. The fourth-order valence-electron chi connectivity index (χ4n) is 3.65. The first-order valence-electron chi connectivity index (χ1n) is 9.74. The first kappa shape index (κ1) is 20.3. The van der Waals surface area contributed by atoms with Crippen molar-refractivity contribution in [3.63, 3.8) is 0 Å². The van der Waals surface area contributed by atoms with Crippen LogP contribution in [0.1, 0.15) is 41.2 Å². The Bertz CT molecular complexity index is 971. The largest absolute Gasteiger partial charge is 0.288 e. The average molecular weight is 389 g/mol. The van der Waals surface area contributed by atoms with Crippen molar-refractivity contribution in [1.82, 2.24) is 0 Å². The van der Waals surface area contributed by atoms with E-state index < -0.39 is 7.29 Å². The molecule has 0 atom stereocenters. The Morgan fingerprint density at radius 3 is 1.57 bits per heavy atom. The van der Waals surface area contributed by atoms with Crippen LogP contribution in [0, 0.1) is 27.7 Å². The van der Waals surface area contributed by atoms with E-state index in [2.05, 4.69) is 19.1 Å². The van der Waals surface area contributed by atoms with Gasteiger partial charge in [0.05, 0.1) is 5.71 Å². The van der Waals surface area contributed by atoms with E-state index in [9.17, 15) is 4.57 Å². The quantitative estimate of drug-likeness (QED) is 0.386. The number of hydrogen-bond donors (Lipinski definition) is 0. The van der Waals surface area contributed by atoms with Gasteiger partial charge in [0.25, 0.3) is 0 Å². The van der Waals surface area contributed by atoms with Crippen molar-refractivity contribution in [1.29, 1.82) is 0 Å². The highest BCUT2D eigenvalue weighted by Gasteiger charge is 2.28. The normalized spacial score (nSPS) is 12.2. The van der Waals surface area contributed by atoms with Crippen molar-refractivity contribution in [2.24, 2.45) is 4.76 Å². The topological polar surface area (TPSA) is 29.4 Å². The van der Waals surface area contributed by atoms with Crippen molar-refractivity contribution in [2.45, 2.75) is 41.0 Å². The number of aryl methyl sites for hydroxylation is 4. The van der Waals surface area contributed by atoms with Crippen LogP contribution >= 0.6 is 7.29 Å². The fraction of sp³-hybridized carbons (Fsp3) is 0.240. The van der Waals surface area contributed by atoms with Gasteiger partial charge in [0.15, 0.2) is 0 Å². The molecule has 0 spiro atoms. The molecule has 0 aromatic heterocycles. The summed E-state index contributed by atoms with van der Waals surface area (Å²) in [4.78, 5) is 0. The molecule has 0 saturated heterocycles. The maximum absolute atomic E-state index is 14.6. The van der Waals surface area contributed by atoms with Gasteiger partial charge in [0, 0.05) is 10.6 Å². The highest BCUT2D eigenvalue weighted by Crippen LogP contribution is 2.46. The Labute approximate surface area is 168 Å². The molecular formula is C25H28NOP. The van der Waals surface area contributed by atoms with E-state index >= 15 is 0 Å². The van der Waals surface area contributed by atoms with Gasteiger partial charge in [-0.15, -0.1) is 0 Å². The van der Waals surface area contributed by atoms with Crippen LogP contribution in [-0.4, -0.2) is 5.71 Å². The van der Waals surface area contributed by atoms with Gasteiger partial charge < -0.3 is 0 Å². The summed E-state index contributed by atoms with van der Waals surface area (Å²) < 4.78 is 19.6. The van der Waals surface area contributed by atoms with Gasteiger partial charge in [0.1, 0.15) is 0 Å². The fourth-order valence-corrected chi connectivity index (χ4v) is 6.29. The summed E-state index contributed by atoms with van der Waals surface area (Å²) in [6.07, 6.45) is 0.726. The predicted octanol–water partition coefficient (Wildman–Crippen LogP) is 6.05. The summed E-state index contributed by atoms with van der Waals surface area (Å²) >= 11 is 0. The summed E-state index contributed by atoms with van der Waals surface area (Å²) in [5.74, 6) is 0. The van der Waals surface area contributed by atoms with E-state index in [1.807, 2.05) is 82.3 Å². The molecule has 3 aromatic rings. The average Bonchev–Trinajstić information content (AvgIpc) is 2.65. The van der Waals surface area contributed by atoms with Crippen LogP contribution < -0.4 is 10.6 Å². The Morgan fingerprint density at radius 1 is 0.750 bits per heavy atom. The summed E-state index contributed by atoms with van der Waals surface area (Å²) in [7, 11) is -3.18. The number of benzene rings is 3. The van der Waals surface area contributed by atoms with Crippen LogP contribution in [0.15, 0.2) is 71.5 Å². The maximum atomic E-state index is 14.6. The highest BCUT2D eigenvalue weighted by molar-refractivity contribution is 7.77. The molecule has 0 heterocycles. The molecule has 0 bridgehead atoms. The van der Waals surface area contributed by atoms with Crippen LogP contribution in [0.3, 0.4) is 0 Å². The van der Waals surface area contributed by atoms with Crippen LogP contribution in [0.25, 0.3) is 0 Å². The second-order valence-corrected chi connectivity index (χ2v) is 9.92. The molecule has 144 valence electrons. The molecule has 0 radical (unpaired) electrons. The minimum absolute atomic E-state index is 0.726. The van der Waals surface area contributed by atoms with E-state index in [-0.39, 0.29) is 0 Å². The Balaban J connectivity index is 2.31. The number of rotatable bonds is 5. The molecule has 3 rings (SSSR count). The van der Waals surface area contributed by atoms with Crippen molar-refractivity contribution in [2.75, 3.05) is 0 Å². The molecular weight excluding hydrogens is 361 g/mol. The first-order valence-corrected chi connectivity index (χ1v) is 11.4. The Hall–Kier alpha value is -2.44. The van der Waals surface area contributed by atoms with Crippen molar-refractivity contribution in [3.8, 4) is 0 Å². The van der Waals surface area contributed by atoms with Gasteiger partial charge in [-0.3, -0.25) is 4.57 Å². The van der Waals surface area contributed by atoms with Crippen molar-refractivity contribution < 1.29 is 4.57 Å². The van der Waals surface area contributed by atoms with E-state index in [0.29, 0.717) is 0 Å². The van der Waals surface area contributed by atoms with Crippen molar-refractivity contribution in [3.05, 3.63) is 94.5 Å². The summed E-state index contributed by atoms with van der Waals surface area (Å²) in [5.41, 5.74) is 6.32. The monoisotopic (exact) mass is 389 g/mol. The van der Waals surface area contributed by atoms with E-state index in [4.69, 9.17) is 4.76 Å². The third kappa shape index (κ3) is 4.34. The smallest absolute Gasteiger partial charge is 0.247 e. The first-order chi connectivity index (χ1) is 13.3. The van der Waals surface area contributed by atoms with E-state index in [1.54, 1.807) is 0 Å². The third-order valence-electron chi connectivity index (χ3n) is 4.82. The second kappa shape index (κ2) is 8.29. The van der Waals surface area contributed by atoms with E-state index in [0.717, 1.165) is 50.6 Å². The zero-order valence-corrected chi connectivity index (χ0v) is 18.3. The third-order valence-corrected chi connectivity index (χ3v) is 7.26. The molecule has 3 aromatic carbocycles. The molecule has 0 aliphatic carbocycles. The lowest BCUT2D eigenvalue weighted by Crippen LogP contribution is -2.18. The minimum Gasteiger partial charge on any atom is -0.288 e. The molecule has 28 heavy (non-hydrogen) atoms. The zero-order valence-electron chi connectivity index (χ0n) is 17.4. The molecule has 2 nitrogen and oxygen atoms in total. The standard InChI is InChI=1S/C25H28NOP/c1-6-25(22-10-8-7-9-11-22)26-28(27,23-14-18(2)12-19(3)15-23)24-16-20(4)13-21(5)17-24/h7-17H,6H2,1-5H3/b26-25-. The van der Waals surface area contributed by atoms with Gasteiger partial charge in [-0.2, -0.15) is 0 Å². The maximum Gasteiger partial charge on any atom is 0.247 e. The number of nitrogens with zero attached hydrogens (tertiary/aromatic N) is 1. The highest BCUT2D eigenvalue weighted by atomic mass is 31.2. The van der Waals surface area contributed by atoms with Crippen LogP contribution in [0.5, 0.6) is 0 Å². The summed E-state index contributed by atoms with van der Waals surface area (Å²) in [5, 5.41) is 1.61. The summed E-state index contributed by atoms with van der Waals surface area (Å²) in [6.45, 7) is 10.3. The number of hydrogen-bond acceptors (Lipinski definition) is 1. The SMILES string of the molecule is CC/C(=N/P(=O)(c1cc(C)cc(C)c1)c1cc(C)cc(C)c1)c1ccccc1. The van der Waals surface area contributed by atoms with Crippen molar-refractivity contribution >= 4 is 23.6 Å². The second-order valence-electron chi connectivity index (χ2n) is 7.53. The van der Waals surface area contributed by atoms with Gasteiger partial charge in [-0.1, -0.05) is 71.6 Å². The zero-order chi connectivity index (χ0) is 20.3. The molecule has 0 fully saturated rings. The van der Waals surface area contributed by atoms with E-state index in [1.165, 1.54) is 0 Å². The Kier molecular flexibility index (Phi) is 6.01. The lowest BCUT2D eigenvalue weighted by atomic mass is 10.1. The molecule has 0 aliphatic heterocycles. The van der Waals surface area contributed by atoms with Gasteiger partial charge in [-0.05, 0) is 63.9 Å².